The van der Waals surface area contributed by atoms with E-state index in [9.17, 15) is 13.2 Å². The molecule has 0 radical (unpaired) electrons. The van der Waals surface area contributed by atoms with Crippen LogP contribution in [0.2, 0.25) is 0 Å². The highest BCUT2D eigenvalue weighted by molar-refractivity contribution is 7.92. The number of carbonyl (C=O) groups excluding carboxylic acids is 1. The van der Waals surface area contributed by atoms with Crippen LogP contribution in [0.3, 0.4) is 0 Å². The Balaban J connectivity index is 1.62. The maximum Gasteiger partial charge on any atom is 0.251 e. The Morgan fingerprint density at radius 2 is 1.66 bits per heavy atom. The summed E-state index contributed by atoms with van der Waals surface area (Å²) in [4.78, 5) is 12.5. The first-order valence-electron chi connectivity index (χ1n) is 11.0. The van der Waals surface area contributed by atoms with Gasteiger partial charge in [-0.05, 0) is 54.4 Å². The average Bonchev–Trinajstić information content (AvgIpc) is 2.84. The highest BCUT2D eigenvalue weighted by Crippen LogP contribution is 2.33. The van der Waals surface area contributed by atoms with Gasteiger partial charge in [0.25, 0.3) is 5.91 Å². The van der Waals surface area contributed by atoms with Crippen LogP contribution in [0.15, 0.2) is 66.7 Å². The highest BCUT2D eigenvalue weighted by Gasteiger charge is 2.20. The summed E-state index contributed by atoms with van der Waals surface area (Å²) in [6.45, 7) is 2.79. The van der Waals surface area contributed by atoms with Gasteiger partial charge in [-0.1, -0.05) is 24.3 Å². The normalized spacial score (nSPS) is 11.0. The second kappa shape index (κ2) is 11.6. The lowest BCUT2D eigenvalue weighted by molar-refractivity contribution is 0.0947. The van der Waals surface area contributed by atoms with Gasteiger partial charge in [-0.15, -0.1) is 0 Å². The van der Waals surface area contributed by atoms with Crippen molar-refractivity contribution in [1.82, 2.24) is 5.32 Å². The van der Waals surface area contributed by atoms with Crippen molar-refractivity contribution < 1.29 is 27.4 Å². The van der Waals surface area contributed by atoms with Gasteiger partial charge in [0, 0.05) is 11.6 Å². The van der Waals surface area contributed by atoms with Crippen LogP contribution < -0.4 is 23.8 Å². The first-order chi connectivity index (χ1) is 16.7. The summed E-state index contributed by atoms with van der Waals surface area (Å²) in [6, 6.07) is 19.4. The molecule has 3 aromatic carbocycles. The molecule has 0 aliphatic heterocycles. The lowest BCUT2D eigenvalue weighted by Gasteiger charge is -2.23. The molecule has 0 saturated carbocycles. The van der Waals surface area contributed by atoms with E-state index in [1.807, 2.05) is 31.2 Å². The molecule has 0 aliphatic rings. The number of rotatable bonds is 11. The summed E-state index contributed by atoms with van der Waals surface area (Å²) in [6.07, 6.45) is 1.14. The van der Waals surface area contributed by atoms with Crippen LogP contribution in [-0.2, 0) is 16.6 Å². The summed E-state index contributed by atoms with van der Waals surface area (Å²) < 4.78 is 42.5. The first kappa shape index (κ1) is 25.9. The van der Waals surface area contributed by atoms with Crippen molar-refractivity contribution in [3.05, 3.63) is 83.4 Å². The van der Waals surface area contributed by atoms with Crippen LogP contribution in [0.1, 0.15) is 21.5 Å². The van der Waals surface area contributed by atoms with E-state index < -0.39 is 10.0 Å². The number of amides is 1. The van der Waals surface area contributed by atoms with E-state index in [2.05, 4.69) is 5.32 Å². The Morgan fingerprint density at radius 1 is 0.943 bits per heavy atom. The molecule has 0 aliphatic carbocycles. The molecule has 9 heteroatoms. The Labute approximate surface area is 206 Å². The van der Waals surface area contributed by atoms with E-state index >= 15 is 0 Å². The topological polar surface area (TPSA) is 94.2 Å². The maximum atomic E-state index is 12.5. The minimum atomic E-state index is -3.58. The Morgan fingerprint density at radius 3 is 2.29 bits per heavy atom. The fraction of sp³-hybridized carbons (Fsp3) is 0.269. The second-order valence-corrected chi connectivity index (χ2v) is 9.83. The van der Waals surface area contributed by atoms with Crippen LogP contribution in [0, 0.1) is 6.92 Å². The lowest BCUT2D eigenvalue weighted by Crippen LogP contribution is -2.29. The number of hydrogen-bond acceptors (Lipinski definition) is 6. The van der Waals surface area contributed by atoms with Gasteiger partial charge in [-0.25, -0.2) is 8.42 Å². The molecule has 35 heavy (non-hydrogen) atoms. The molecule has 1 N–H and O–H groups in total. The zero-order chi connectivity index (χ0) is 25.4. The van der Waals surface area contributed by atoms with Crippen LogP contribution in [0.5, 0.6) is 17.2 Å². The molecule has 0 fully saturated rings. The lowest BCUT2D eigenvalue weighted by atomic mass is 10.1. The molecule has 186 valence electrons. The van der Waals surface area contributed by atoms with E-state index in [0.717, 1.165) is 23.1 Å². The summed E-state index contributed by atoms with van der Waals surface area (Å²) in [5.74, 6) is 1.46. The summed E-state index contributed by atoms with van der Waals surface area (Å²) >= 11 is 0. The largest absolute Gasteiger partial charge is 0.493 e. The molecule has 0 unspecified atom stereocenters. The van der Waals surface area contributed by atoms with E-state index in [4.69, 9.17) is 14.2 Å². The molecule has 3 aromatic rings. The number of methoxy groups -OCH3 is 2. The van der Waals surface area contributed by atoms with Crippen LogP contribution in [-0.4, -0.2) is 48.0 Å². The number of ether oxygens (including phenoxy) is 3. The average molecular weight is 499 g/mol. The number of nitrogens with one attached hydrogen (secondary N) is 1. The molecule has 1 amide bonds. The van der Waals surface area contributed by atoms with Crippen LogP contribution in [0.4, 0.5) is 5.69 Å². The molecular weight excluding hydrogens is 468 g/mol. The van der Waals surface area contributed by atoms with Gasteiger partial charge in [0.05, 0.1) is 39.3 Å². The van der Waals surface area contributed by atoms with E-state index in [1.54, 1.807) is 42.5 Å². The molecular formula is C26H30N2O6S. The van der Waals surface area contributed by atoms with E-state index in [1.165, 1.54) is 18.5 Å². The third-order valence-electron chi connectivity index (χ3n) is 5.24. The van der Waals surface area contributed by atoms with Gasteiger partial charge < -0.3 is 19.5 Å². The SMILES string of the molecule is COc1ccc(N(Cc2ccc(C(=O)NCCOc3cccc(C)c3)cc2)S(C)(=O)=O)cc1OC. The predicted molar refractivity (Wildman–Crippen MR) is 136 cm³/mol. The summed E-state index contributed by atoms with van der Waals surface area (Å²) in [5, 5.41) is 2.82. The van der Waals surface area contributed by atoms with Crippen molar-refractivity contribution in [1.29, 1.82) is 0 Å². The van der Waals surface area contributed by atoms with Crippen molar-refractivity contribution >= 4 is 21.6 Å². The number of benzene rings is 3. The standard InChI is InChI=1S/C26H30N2O6S/c1-19-6-5-7-23(16-19)34-15-14-27-26(29)21-10-8-20(9-11-21)18-28(35(4,30)31)22-12-13-24(32-2)25(17-22)33-3/h5-13,16-17H,14-15,18H2,1-4H3,(H,27,29). The van der Waals surface area contributed by atoms with E-state index in [0.29, 0.717) is 35.9 Å². The number of aryl methyl sites for hydroxylation is 1. The van der Waals surface area contributed by atoms with Gasteiger partial charge in [-0.2, -0.15) is 0 Å². The van der Waals surface area contributed by atoms with Gasteiger partial charge in [0.1, 0.15) is 12.4 Å². The van der Waals surface area contributed by atoms with Gasteiger partial charge in [0.15, 0.2) is 11.5 Å². The number of sulfonamides is 1. The molecule has 0 heterocycles. The molecule has 3 rings (SSSR count). The third-order valence-corrected chi connectivity index (χ3v) is 6.38. The van der Waals surface area contributed by atoms with E-state index in [-0.39, 0.29) is 12.5 Å². The molecule has 0 aromatic heterocycles. The Bertz CT molecular complexity index is 1260. The van der Waals surface area contributed by atoms with Gasteiger partial charge in [-0.3, -0.25) is 9.10 Å². The number of nitrogens with zero attached hydrogens (tertiary/aromatic N) is 1. The summed E-state index contributed by atoms with van der Waals surface area (Å²) in [7, 11) is -0.578. The number of carbonyl (C=O) groups is 1. The Hall–Kier alpha value is -3.72. The van der Waals surface area contributed by atoms with Gasteiger partial charge >= 0.3 is 0 Å². The molecule has 0 atom stereocenters. The smallest absolute Gasteiger partial charge is 0.251 e. The molecule has 0 spiro atoms. The van der Waals surface area contributed by atoms with Crippen molar-refractivity contribution in [3.8, 4) is 17.2 Å². The third kappa shape index (κ3) is 7.13. The number of hydrogen-bond donors (Lipinski definition) is 1. The van der Waals surface area contributed by atoms with Crippen LogP contribution >= 0.6 is 0 Å². The van der Waals surface area contributed by atoms with Crippen molar-refractivity contribution in [2.45, 2.75) is 13.5 Å². The minimum Gasteiger partial charge on any atom is -0.493 e. The Kier molecular flexibility index (Phi) is 8.59. The molecule has 0 saturated heterocycles. The highest BCUT2D eigenvalue weighted by atomic mass is 32.2. The zero-order valence-corrected chi connectivity index (χ0v) is 21.1. The van der Waals surface area contributed by atoms with Crippen molar-refractivity contribution in [2.24, 2.45) is 0 Å². The fourth-order valence-corrected chi connectivity index (χ4v) is 4.33. The molecule has 0 bridgehead atoms. The quantitative estimate of drug-likeness (QED) is 0.404. The zero-order valence-electron chi connectivity index (χ0n) is 20.3. The second-order valence-electron chi connectivity index (χ2n) is 7.93. The van der Waals surface area contributed by atoms with Crippen LogP contribution in [0.25, 0.3) is 0 Å². The summed E-state index contributed by atoms with van der Waals surface area (Å²) in [5.41, 5.74) is 2.75. The van der Waals surface area contributed by atoms with Crippen molar-refractivity contribution in [3.63, 3.8) is 0 Å². The number of anilines is 1. The van der Waals surface area contributed by atoms with Crippen molar-refractivity contribution in [2.75, 3.05) is 37.9 Å². The first-order valence-corrected chi connectivity index (χ1v) is 12.8. The minimum absolute atomic E-state index is 0.0978. The molecule has 8 nitrogen and oxygen atoms in total. The predicted octanol–water partition coefficient (Wildman–Crippen LogP) is 3.79. The fourth-order valence-electron chi connectivity index (χ4n) is 3.45. The van der Waals surface area contributed by atoms with Gasteiger partial charge in [0.2, 0.25) is 10.0 Å². The maximum absolute atomic E-state index is 12.5. The monoisotopic (exact) mass is 498 g/mol.